The summed E-state index contributed by atoms with van der Waals surface area (Å²) in [6.07, 6.45) is 3.58. The van der Waals surface area contributed by atoms with Gasteiger partial charge in [0.15, 0.2) is 5.70 Å². The van der Waals surface area contributed by atoms with E-state index in [0.29, 0.717) is 18.8 Å². The molecule has 3 atom stereocenters. The number of amides is 2. The van der Waals surface area contributed by atoms with E-state index in [1.807, 2.05) is 37.3 Å². The number of hydrogen-bond donors (Lipinski definition) is 5. The van der Waals surface area contributed by atoms with Crippen LogP contribution >= 0.6 is 0 Å². The zero-order valence-electron chi connectivity index (χ0n) is 15.0. The van der Waals surface area contributed by atoms with E-state index >= 15 is 0 Å². The molecular weight excluding hydrogens is 346 g/mol. The van der Waals surface area contributed by atoms with E-state index in [1.54, 1.807) is 0 Å². The van der Waals surface area contributed by atoms with Crippen LogP contribution in [-0.4, -0.2) is 42.8 Å². The van der Waals surface area contributed by atoms with E-state index in [4.69, 9.17) is 11.5 Å². The highest BCUT2D eigenvalue weighted by atomic mass is 16.1. The average Bonchev–Trinajstić information content (AvgIpc) is 2.65. The number of benzene rings is 1. The Bertz CT molecular complexity index is 922. The minimum atomic E-state index is -0.658. The molecule has 142 valence electrons. The van der Waals surface area contributed by atoms with Crippen molar-refractivity contribution in [2.75, 3.05) is 6.54 Å². The van der Waals surface area contributed by atoms with Gasteiger partial charge in [-0.15, -0.1) is 0 Å². The van der Waals surface area contributed by atoms with Crippen LogP contribution < -0.4 is 38.0 Å². The van der Waals surface area contributed by atoms with Crippen molar-refractivity contribution in [3.8, 4) is 0 Å². The summed E-state index contributed by atoms with van der Waals surface area (Å²) >= 11 is 0. The number of rotatable bonds is 7. The highest BCUT2D eigenvalue weighted by Crippen LogP contribution is 2.08. The molecular formula is C18H23N7O2. The first-order chi connectivity index (χ1) is 13.0. The maximum atomic E-state index is 11.7. The van der Waals surface area contributed by atoms with Gasteiger partial charge in [0.1, 0.15) is 12.0 Å². The van der Waals surface area contributed by atoms with Crippen LogP contribution in [0.25, 0.3) is 6.08 Å². The van der Waals surface area contributed by atoms with Gasteiger partial charge in [-0.05, 0) is 17.7 Å². The normalized spacial score (nSPS) is 22.0. The first-order valence-corrected chi connectivity index (χ1v) is 8.76. The third kappa shape index (κ3) is 4.32. The quantitative estimate of drug-likeness (QED) is 0.362. The zero-order valence-corrected chi connectivity index (χ0v) is 15.0. The molecule has 2 aliphatic rings. The summed E-state index contributed by atoms with van der Waals surface area (Å²) in [6, 6.07) is 7.16. The van der Waals surface area contributed by atoms with Crippen LogP contribution in [0.3, 0.4) is 0 Å². The molecule has 0 fully saturated rings. The number of aliphatic imine (C=N–C) groups is 1. The first-order valence-electron chi connectivity index (χ1n) is 8.76. The molecule has 2 aliphatic heterocycles. The van der Waals surface area contributed by atoms with Crippen LogP contribution in [0.15, 0.2) is 45.8 Å². The predicted molar refractivity (Wildman–Crippen MR) is 102 cm³/mol. The molecule has 9 nitrogen and oxygen atoms in total. The van der Waals surface area contributed by atoms with Crippen LogP contribution in [0.2, 0.25) is 0 Å². The number of nitrogens with two attached hydrogens (primary N) is 2. The molecule has 7 N–H and O–H groups in total. The van der Waals surface area contributed by atoms with Crippen molar-refractivity contribution < 1.29 is 9.59 Å². The monoisotopic (exact) mass is 369 g/mol. The molecule has 2 heterocycles. The highest BCUT2D eigenvalue weighted by Gasteiger charge is 2.25. The van der Waals surface area contributed by atoms with Gasteiger partial charge in [-0.2, -0.15) is 0 Å². The molecule has 2 amide bonds. The lowest BCUT2D eigenvalue weighted by molar-refractivity contribution is -0.120. The number of nitrogens with one attached hydrogen (secondary N) is 3. The second-order valence-corrected chi connectivity index (χ2v) is 6.33. The Kier molecular flexibility index (Phi) is 5.51. The second kappa shape index (κ2) is 8.00. The molecule has 9 heteroatoms. The van der Waals surface area contributed by atoms with Gasteiger partial charge in [0.05, 0.1) is 24.0 Å². The summed E-state index contributed by atoms with van der Waals surface area (Å²) in [4.78, 5) is 31.9. The van der Waals surface area contributed by atoms with Crippen molar-refractivity contribution in [2.24, 2.45) is 21.5 Å². The molecule has 0 bridgehead atoms. The molecule has 1 aromatic rings. The standard InChI is InChI=1S/C18H23N7O2/c1-2-12(16(19)26)24-14-9-22-15(17(20)27)18(25-14)23-11-7-10-5-3-4-6-13(10)21-8-11/h3-7,9,11-12,14,23-25H,2,8H2,1H3,(H2,19,26)(H2,20,27)/t11?,12-,14?/m1/s1. The maximum Gasteiger partial charge on any atom is 0.271 e. The van der Waals surface area contributed by atoms with Gasteiger partial charge in [0.25, 0.3) is 5.91 Å². The number of hydrogen-bond acceptors (Lipinski definition) is 7. The lowest BCUT2D eigenvalue weighted by atomic mass is 10.1. The SMILES string of the molecule is CC[C@@H](NC1C=NC(C(N)=O)=C(NC2C=c3ccccc3=NC2)N1)C(N)=O. The number of nitrogens with zero attached hydrogens (tertiary/aromatic N) is 2. The van der Waals surface area contributed by atoms with Crippen molar-refractivity contribution >= 4 is 24.1 Å². The van der Waals surface area contributed by atoms with Gasteiger partial charge in [-0.3, -0.25) is 19.9 Å². The largest absolute Gasteiger partial charge is 0.368 e. The van der Waals surface area contributed by atoms with Crippen LogP contribution in [0.1, 0.15) is 13.3 Å². The van der Waals surface area contributed by atoms with E-state index in [0.717, 1.165) is 10.6 Å². The third-order valence-electron chi connectivity index (χ3n) is 4.36. The smallest absolute Gasteiger partial charge is 0.271 e. The summed E-state index contributed by atoms with van der Waals surface area (Å²) < 4.78 is 0. The van der Waals surface area contributed by atoms with E-state index in [-0.39, 0.29) is 11.7 Å². The minimum Gasteiger partial charge on any atom is -0.368 e. The topological polar surface area (TPSA) is 147 Å². The molecule has 0 aliphatic carbocycles. The van der Waals surface area contributed by atoms with Crippen molar-refractivity contribution in [1.29, 1.82) is 0 Å². The number of carbonyl (C=O) groups is 2. The Labute approximate surface area is 156 Å². The zero-order chi connectivity index (χ0) is 19.4. The van der Waals surface area contributed by atoms with Gasteiger partial charge in [0, 0.05) is 6.21 Å². The molecule has 0 radical (unpaired) electrons. The van der Waals surface area contributed by atoms with Crippen molar-refractivity contribution in [3.05, 3.63) is 46.4 Å². The Morgan fingerprint density at radius 2 is 2.11 bits per heavy atom. The first kappa shape index (κ1) is 18.6. The van der Waals surface area contributed by atoms with Crippen molar-refractivity contribution in [2.45, 2.75) is 31.6 Å². The molecule has 0 saturated heterocycles. The summed E-state index contributed by atoms with van der Waals surface area (Å²) in [5.41, 5.74) is 10.9. The molecule has 0 aromatic heterocycles. The summed E-state index contributed by atoms with van der Waals surface area (Å²) in [6.45, 7) is 2.36. The summed E-state index contributed by atoms with van der Waals surface area (Å²) in [7, 11) is 0. The van der Waals surface area contributed by atoms with Crippen LogP contribution in [0.4, 0.5) is 0 Å². The van der Waals surface area contributed by atoms with E-state index in [1.165, 1.54) is 6.21 Å². The number of para-hydroxylation sites is 1. The molecule has 0 spiro atoms. The molecule has 0 saturated carbocycles. The van der Waals surface area contributed by atoms with Crippen molar-refractivity contribution in [1.82, 2.24) is 16.0 Å². The Hall–Kier alpha value is -3.20. The van der Waals surface area contributed by atoms with Gasteiger partial charge in [-0.1, -0.05) is 31.2 Å². The lowest BCUT2D eigenvalue weighted by Crippen LogP contribution is -2.56. The van der Waals surface area contributed by atoms with Crippen LogP contribution in [-0.2, 0) is 9.59 Å². The van der Waals surface area contributed by atoms with Gasteiger partial charge >= 0.3 is 0 Å². The lowest BCUT2D eigenvalue weighted by Gasteiger charge is -2.29. The van der Waals surface area contributed by atoms with Gasteiger partial charge in [-0.25, -0.2) is 4.99 Å². The number of carbonyl (C=O) groups excluding carboxylic acids is 2. The Morgan fingerprint density at radius 3 is 2.81 bits per heavy atom. The fourth-order valence-corrected chi connectivity index (χ4v) is 2.99. The summed E-state index contributed by atoms with van der Waals surface area (Å²) in [5, 5.41) is 11.3. The number of primary amides is 2. The fraction of sp³-hybridized carbons (Fsp3) is 0.333. The van der Waals surface area contributed by atoms with Crippen LogP contribution in [0.5, 0.6) is 0 Å². The molecule has 3 rings (SSSR count). The maximum absolute atomic E-state index is 11.7. The Balaban J connectivity index is 1.78. The molecule has 1 aromatic carbocycles. The average molecular weight is 369 g/mol. The van der Waals surface area contributed by atoms with E-state index in [2.05, 4.69) is 25.9 Å². The molecule has 27 heavy (non-hydrogen) atoms. The van der Waals surface area contributed by atoms with E-state index < -0.39 is 24.0 Å². The number of fused-ring (bicyclic) bond motifs is 1. The second-order valence-electron chi connectivity index (χ2n) is 6.33. The van der Waals surface area contributed by atoms with Gasteiger partial charge in [0.2, 0.25) is 5.91 Å². The molecule has 2 unspecified atom stereocenters. The van der Waals surface area contributed by atoms with Crippen LogP contribution in [0, 0.1) is 0 Å². The minimum absolute atomic E-state index is 0.0902. The van der Waals surface area contributed by atoms with Crippen molar-refractivity contribution in [3.63, 3.8) is 0 Å². The Morgan fingerprint density at radius 1 is 1.33 bits per heavy atom. The summed E-state index contributed by atoms with van der Waals surface area (Å²) in [5.74, 6) is -0.727. The van der Waals surface area contributed by atoms with Gasteiger partial charge < -0.3 is 22.1 Å². The highest BCUT2D eigenvalue weighted by molar-refractivity contribution is 5.95. The fourth-order valence-electron chi connectivity index (χ4n) is 2.99. The third-order valence-corrected chi connectivity index (χ3v) is 4.36. The predicted octanol–water partition coefficient (Wildman–Crippen LogP) is -2.43. The van der Waals surface area contributed by atoms with E-state index in [9.17, 15) is 9.59 Å².